The number of para-hydroxylation sites is 2. The number of benzene rings is 2. The van der Waals surface area contributed by atoms with Crippen LogP contribution in [0.1, 0.15) is 5.56 Å². The van der Waals surface area contributed by atoms with Gasteiger partial charge in [0.2, 0.25) is 21.9 Å². The Morgan fingerprint density at radius 3 is 2.48 bits per heavy atom. The van der Waals surface area contributed by atoms with E-state index in [0.29, 0.717) is 5.69 Å². The molecule has 0 fully saturated rings. The first kappa shape index (κ1) is 18.1. The smallest absolute Gasteiger partial charge is 0.242 e. The molecule has 3 aromatic rings. The molecule has 0 radical (unpaired) electrons. The molecule has 0 atom stereocenters. The Labute approximate surface area is 154 Å². The monoisotopic (exact) mass is 383 g/mol. The van der Waals surface area contributed by atoms with Crippen molar-refractivity contribution in [3.05, 3.63) is 60.3 Å². The van der Waals surface area contributed by atoms with Gasteiger partial charge in [0.25, 0.3) is 0 Å². The number of rotatable bonds is 5. The van der Waals surface area contributed by atoms with Crippen molar-refractivity contribution in [3.8, 4) is 23.4 Å². The molecule has 136 valence electrons. The number of nitrogens with zero attached hydrogens (tertiary/aromatic N) is 3. The largest absolute Gasteiger partial charge is 0.504 e. The highest BCUT2D eigenvalue weighted by molar-refractivity contribution is 7.89. The lowest BCUT2D eigenvalue weighted by atomic mass is 10.3. The fourth-order valence-electron chi connectivity index (χ4n) is 2.09. The second-order valence-electron chi connectivity index (χ2n) is 5.29. The number of aromatic nitrogens is 2. The van der Waals surface area contributed by atoms with Crippen LogP contribution in [-0.4, -0.2) is 23.5 Å². The number of sulfonamides is 1. The SMILES string of the molecule is N#Cc1cnc(Nc2ccc(S(N)(=O)=O)cc2)nc1Oc1ccccc1O. The van der Waals surface area contributed by atoms with Gasteiger partial charge in [0.1, 0.15) is 11.6 Å². The third-order valence-electron chi connectivity index (χ3n) is 3.39. The van der Waals surface area contributed by atoms with E-state index in [4.69, 9.17) is 9.88 Å². The molecular formula is C17H13N5O4S. The van der Waals surface area contributed by atoms with Crippen LogP contribution in [0.25, 0.3) is 0 Å². The van der Waals surface area contributed by atoms with E-state index in [-0.39, 0.29) is 33.8 Å². The average Bonchev–Trinajstić information content (AvgIpc) is 2.64. The molecule has 3 rings (SSSR count). The number of nitrogens with two attached hydrogens (primary N) is 1. The molecule has 1 aromatic heterocycles. The zero-order chi connectivity index (χ0) is 19.4. The van der Waals surface area contributed by atoms with Crippen LogP contribution in [0, 0.1) is 11.3 Å². The van der Waals surface area contributed by atoms with E-state index in [1.54, 1.807) is 12.1 Å². The summed E-state index contributed by atoms with van der Waals surface area (Å²) in [5, 5.41) is 26.9. The van der Waals surface area contributed by atoms with E-state index >= 15 is 0 Å². The Morgan fingerprint density at radius 1 is 1.15 bits per heavy atom. The van der Waals surface area contributed by atoms with Crippen molar-refractivity contribution in [2.24, 2.45) is 5.14 Å². The normalized spacial score (nSPS) is 10.8. The number of nitriles is 1. The first-order chi connectivity index (χ1) is 12.9. The van der Waals surface area contributed by atoms with Gasteiger partial charge in [-0.1, -0.05) is 12.1 Å². The molecule has 0 saturated heterocycles. The zero-order valence-electron chi connectivity index (χ0n) is 13.7. The molecule has 10 heteroatoms. The average molecular weight is 383 g/mol. The van der Waals surface area contributed by atoms with Crippen molar-refractivity contribution >= 4 is 21.7 Å². The molecule has 9 nitrogen and oxygen atoms in total. The highest BCUT2D eigenvalue weighted by Crippen LogP contribution is 2.31. The summed E-state index contributed by atoms with van der Waals surface area (Å²) in [6, 6.07) is 13.8. The van der Waals surface area contributed by atoms with Gasteiger partial charge in [-0.2, -0.15) is 10.2 Å². The molecule has 0 spiro atoms. The van der Waals surface area contributed by atoms with Crippen LogP contribution in [0.15, 0.2) is 59.6 Å². The number of anilines is 2. The molecule has 27 heavy (non-hydrogen) atoms. The predicted molar refractivity (Wildman–Crippen MR) is 96.0 cm³/mol. The van der Waals surface area contributed by atoms with E-state index < -0.39 is 10.0 Å². The van der Waals surface area contributed by atoms with Gasteiger partial charge in [-0.25, -0.2) is 18.5 Å². The summed E-state index contributed by atoms with van der Waals surface area (Å²) in [5.41, 5.74) is 0.578. The fourth-order valence-corrected chi connectivity index (χ4v) is 2.60. The quantitative estimate of drug-likeness (QED) is 0.606. The van der Waals surface area contributed by atoms with Gasteiger partial charge in [0, 0.05) is 5.69 Å². The van der Waals surface area contributed by atoms with E-state index in [0.717, 1.165) is 0 Å². The standard InChI is InChI=1S/C17H13N5O4S/c18-9-11-10-20-17(21-12-5-7-13(8-6-12)27(19,24)25)22-16(11)26-15-4-2-1-3-14(15)23/h1-8,10,23H,(H2,19,24,25)(H,20,21,22). The van der Waals surface area contributed by atoms with Gasteiger partial charge >= 0.3 is 0 Å². The maximum Gasteiger partial charge on any atom is 0.242 e. The van der Waals surface area contributed by atoms with Crippen LogP contribution in [0.2, 0.25) is 0 Å². The maximum atomic E-state index is 11.3. The number of phenols is 1. The fraction of sp³-hybridized carbons (Fsp3) is 0. The van der Waals surface area contributed by atoms with Crippen molar-refractivity contribution in [2.75, 3.05) is 5.32 Å². The van der Waals surface area contributed by atoms with Crippen LogP contribution >= 0.6 is 0 Å². The minimum absolute atomic E-state index is 0.0302. The molecule has 0 saturated carbocycles. The Balaban J connectivity index is 1.87. The lowest BCUT2D eigenvalue weighted by molar-refractivity contribution is 0.402. The van der Waals surface area contributed by atoms with Crippen molar-refractivity contribution in [2.45, 2.75) is 4.90 Å². The second kappa shape index (κ2) is 7.28. The van der Waals surface area contributed by atoms with Crippen LogP contribution in [0.5, 0.6) is 17.4 Å². The maximum absolute atomic E-state index is 11.3. The van der Waals surface area contributed by atoms with Gasteiger partial charge in [0.15, 0.2) is 11.5 Å². The van der Waals surface area contributed by atoms with Gasteiger partial charge in [-0.15, -0.1) is 0 Å². The number of hydrogen-bond donors (Lipinski definition) is 3. The van der Waals surface area contributed by atoms with E-state index in [2.05, 4.69) is 15.3 Å². The highest BCUT2D eigenvalue weighted by atomic mass is 32.2. The molecule has 0 aliphatic rings. The minimum atomic E-state index is -3.79. The van der Waals surface area contributed by atoms with Crippen molar-refractivity contribution in [1.29, 1.82) is 5.26 Å². The van der Waals surface area contributed by atoms with Crippen LogP contribution in [0.4, 0.5) is 11.6 Å². The van der Waals surface area contributed by atoms with Crippen LogP contribution in [0.3, 0.4) is 0 Å². The number of nitrogens with one attached hydrogen (secondary N) is 1. The number of primary sulfonamides is 1. The third kappa shape index (κ3) is 4.30. The first-order valence-electron chi connectivity index (χ1n) is 7.50. The molecular weight excluding hydrogens is 370 g/mol. The van der Waals surface area contributed by atoms with Gasteiger partial charge in [-0.05, 0) is 36.4 Å². The molecule has 0 amide bonds. The third-order valence-corrected chi connectivity index (χ3v) is 4.31. The number of aromatic hydroxyl groups is 1. The molecule has 0 aliphatic carbocycles. The number of hydrogen-bond acceptors (Lipinski definition) is 8. The van der Waals surface area contributed by atoms with E-state index in [1.165, 1.54) is 42.6 Å². The Bertz CT molecular complexity index is 1120. The minimum Gasteiger partial charge on any atom is -0.504 e. The van der Waals surface area contributed by atoms with E-state index in [1.807, 2.05) is 6.07 Å². The van der Waals surface area contributed by atoms with Gasteiger partial charge < -0.3 is 15.2 Å². The Kier molecular flexibility index (Phi) is 4.89. The Hall–Kier alpha value is -3.68. The molecule has 0 unspecified atom stereocenters. The summed E-state index contributed by atoms with van der Waals surface area (Å²) in [4.78, 5) is 8.11. The number of ether oxygens (including phenoxy) is 1. The molecule has 0 bridgehead atoms. The summed E-state index contributed by atoms with van der Waals surface area (Å²) in [7, 11) is -3.79. The molecule has 0 aliphatic heterocycles. The van der Waals surface area contributed by atoms with Crippen molar-refractivity contribution in [1.82, 2.24) is 9.97 Å². The lowest BCUT2D eigenvalue weighted by Crippen LogP contribution is -2.11. The number of phenolic OH excluding ortho intramolecular Hbond substituents is 1. The predicted octanol–water partition coefficient (Wildman–Crippen LogP) is 2.24. The van der Waals surface area contributed by atoms with Crippen LogP contribution in [-0.2, 0) is 10.0 Å². The second-order valence-corrected chi connectivity index (χ2v) is 6.85. The summed E-state index contributed by atoms with van der Waals surface area (Å²) >= 11 is 0. The summed E-state index contributed by atoms with van der Waals surface area (Å²) < 4.78 is 28.1. The first-order valence-corrected chi connectivity index (χ1v) is 9.04. The summed E-state index contributed by atoms with van der Waals surface area (Å²) in [6.07, 6.45) is 1.27. The van der Waals surface area contributed by atoms with Crippen molar-refractivity contribution in [3.63, 3.8) is 0 Å². The van der Waals surface area contributed by atoms with Crippen molar-refractivity contribution < 1.29 is 18.3 Å². The van der Waals surface area contributed by atoms with Crippen LogP contribution < -0.4 is 15.2 Å². The molecule has 4 N–H and O–H groups in total. The zero-order valence-corrected chi connectivity index (χ0v) is 14.5. The summed E-state index contributed by atoms with van der Waals surface area (Å²) in [6.45, 7) is 0. The molecule has 2 aromatic carbocycles. The summed E-state index contributed by atoms with van der Waals surface area (Å²) in [5.74, 6) is 0.102. The van der Waals surface area contributed by atoms with Gasteiger partial charge in [0.05, 0.1) is 11.1 Å². The van der Waals surface area contributed by atoms with Gasteiger partial charge in [-0.3, -0.25) is 0 Å². The topological polar surface area (TPSA) is 151 Å². The Morgan fingerprint density at radius 2 is 1.85 bits per heavy atom. The lowest BCUT2D eigenvalue weighted by Gasteiger charge is -2.10. The molecule has 1 heterocycles. The highest BCUT2D eigenvalue weighted by Gasteiger charge is 2.12. The van der Waals surface area contributed by atoms with E-state index in [9.17, 15) is 18.8 Å².